The molecule has 0 radical (unpaired) electrons. The number of halogens is 6. The SMILES string of the molecule is CC(C)Oc1cc(OCCN2CCOCC2)cc(-c2nc3cccnc3[nH]2)c1.O=C(O)C(F)(F)F.O=C(O)C(F)(F)F. The van der Waals surface area contributed by atoms with Gasteiger partial charge >= 0.3 is 24.3 Å². The first kappa shape index (κ1) is 34.1. The zero-order valence-corrected chi connectivity index (χ0v) is 22.3. The number of aromatic nitrogens is 3. The van der Waals surface area contributed by atoms with Crippen molar-refractivity contribution in [1.82, 2.24) is 19.9 Å². The van der Waals surface area contributed by atoms with Gasteiger partial charge in [-0.25, -0.2) is 19.6 Å². The minimum atomic E-state index is -5.08. The molecule has 11 nitrogen and oxygen atoms in total. The number of carbonyl (C=O) groups is 2. The lowest BCUT2D eigenvalue weighted by atomic mass is 10.2. The summed E-state index contributed by atoms with van der Waals surface area (Å²) in [6.07, 6.45) is -8.34. The predicted molar refractivity (Wildman–Crippen MR) is 135 cm³/mol. The molecule has 2 aromatic heterocycles. The van der Waals surface area contributed by atoms with Crippen LogP contribution in [-0.4, -0.2) is 99.9 Å². The number of rotatable bonds is 7. The molecule has 42 heavy (non-hydrogen) atoms. The fourth-order valence-electron chi connectivity index (χ4n) is 3.23. The Kier molecular flexibility index (Phi) is 12.3. The number of ether oxygens (including phenoxy) is 3. The maximum Gasteiger partial charge on any atom is 0.490 e. The number of nitrogens with zero attached hydrogens (tertiary/aromatic N) is 3. The van der Waals surface area contributed by atoms with E-state index in [0.29, 0.717) is 6.61 Å². The highest BCUT2D eigenvalue weighted by Gasteiger charge is 2.38. The molecule has 0 spiro atoms. The van der Waals surface area contributed by atoms with Crippen molar-refractivity contribution in [3.8, 4) is 22.9 Å². The van der Waals surface area contributed by atoms with Gasteiger partial charge in [-0.1, -0.05) is 0 Å². The van der Waals surface area contributed by atoms with Gasteiger partial charge in [-0.3, -0.25) is 4.90 Å². The zero-order valence-electron chi connectivity index (χ0n) is 22.3. The minimum absolute atomic E-state index is 0.0776. The van der Waals surface area contributed by atoms with E-state index in [4.69, 9.17) is 34.0 Å². The van der Waals surface area contributed by atoms with Crippen molar-refractivity contribution in [3.63, 3.8) is 0 Å². The summed E-state index contributed by atoms with van der Waals surface area (Å²) in [7, 11) is 0. The van der Waals surface area contributed by atoms with E-state index in [1.54, 1.807) is 6.20 Å². The number of aliphatic carboxylic acids is 2. The minimum Gasteiger partial charge on any atom is -0.492 e. The van der Waals surface area contributed by atoms with Crippen molar-refractivity contribution in [2.45, 2.75) is 32.3 Å². The summed E-state index contributed by atoms with van der Waals surface area (Å²) in [6, 6.07) is 9.72. The average Bonchev–Trinajstić information content (AvgIpc) is 3.33. The van der Waals surface area contributed by atoms with E-state index < -0.39 is 24.3 Å². The molecule has 0 saturated carbocycles. The summed E-state index contributed by atoms with van der Waals surface area (Å²) >= 11 is 0. The third-order valence-corrected chi connectivity index (χ3v) is 5.05. The predicted octanol–water partition coefficient (Wildman–Crippen LogP) is 4.39. The topological polar surface area (TPSA) is 147 Å². The smallest absolute Gasteiger partial charge is 0.490 e. The summed E-state index contributed by atoms with van der Waals surface area (Å²) in [6.45, 7) is 9.01. The van der Waals surface area contributed by atoms with Gasteiger partial charge in [-0.2, -0.15) is 26.3 Å². The molecule has 4 rings (SSSR count). The highest BCUT2D eigenvalue weighted by Crippen LogP contribution is 2.30. The number of morpholine rings is 1. The molecule has 1 saturated heterocycles. The van der Waals surface area contributed by atoms with Gasteiger partial charge in [0.05, 0.1) is 19.3 Å². The summed E-state index contributed by atoms with van der Waals surface area (Å²) in [4.78, 5) is 32.4. The maximum absolute atomic E-state index is 10.6. The summed E-state index contributed by atoms with van der Waals surface area (Å²) in [5.74, 6) is -3.22. The molecule has 0 atom stereocenters. The fourth-order valence-corrected chi connectivity index (χ4v) is 3.23. The Balaban J connectivity index is 0.000000367. The molecule has 17 heteroatoms. The highest BCUT2D eigenvalue weighted by molar-refractivity contribution is 5.76. The van der Waals surface area contributed by atoms with Crippen LogP contribution in [0, 0.1) is 0 Å². The second kappa shape index (κ2) is 15.2. The molecule has 3 aromatic rings. The van der Waals surface area contributed by atoms with Gasteiger partial charge in [0, 0.05) is 37.5 Å². The zero-order chi connectivity index (χ0) is 31.5. The van der Waals surface area contributed by atoms with Crippen LogP contribution in [0.25, 0.3) is 22.6 Å². The number of alkyl halides is 6. The van der Waals surface area contributed by atoms with E-state index in [2.05, 4.69) is 19.9 Å². The van der Waals surface area contributed by atoms with Crippen LogP contribution in [-0.2, 0) is 14.3 Å². The number of hydrogen-bond acceptors (Lipinski definition) is 8. The van der Waals surface area contributed by atoms with Gasteiger partial charge < -0.3 is 29.4 Å². The monoisotopic (exact) mass is 610 g/mol. The molecule has 3 heterocycles. The number of aromatic amines is 1. The van der Waals surface area contributed by atoms with Crippen LogP contribution in [0.4, 0.5) is 26.3 Å². The molecule has 0 amide bonds. The Morgan fingerprint density at radius 3 is 2.12 bits per heavy atom. The largest absolute Gasteiger partial charge is 0.492 e. The number of H-pyrrole nitrogens is 1. The first-order valence-electron chi connectivity index (χ1n) is 12.2. The third kappa shape index (κ3) is 11.8. The van der Waals surface area contributed by atoms with Gasteiger partial charge in [0.15, 0.2) is 5.65 Å². The normalized spacial score (nSPS) is 13.9. The van der Waals surface area contributed by atoms with Crippen LogP contribution in [0.5, 0.6) is 11.5 Å². The molecule has 3 N–H and O–H groups in total. The van der Waals surface area contributed by atoms with Crippen molar-refractivity contribution >= 4 is 23.1 Å². The number of hydrogen-bond donors (Lipinski definition) is 3. The number of imidazole rings is 1. The Labute approximate surface area is 235 Å². The molecule has 1 aliphatic rings. The molecule has 1 fully saturated rings. The first-order valence-corrected chi connectivity index (χ1v) is 12.2. The van der Waals surface area contributed by atoms with Crippen molar-refractivity contribution in [2.24, 2.45) is 0 Å². The lowest BCUT2D eigenvalue weighted by molar-refractivity contribution is -0.193. The van der Waals surface area contributed by atoms with Gasteiger partial charge in [-0.05, 0) is 38.1 Å². The lowest BCUT2D eigenvalue weighted by Crippen LogP contribution is -2.38. The first-order chi connectivity index (χ1) is 19.6. The molecular formula is C25H28F6N4O7. The Morgan fingerprint density at radius 1 is 1.02 bits per heavy atom. The number of carboxylic acids is 2. The second-order valence-electron chi connectivity index (χ2n) is 8.72. The van der Waals surface area contributed by atoms with E-state index in [1.807, 2.05) is 44.2 Å². The van der Waals surface area contributed by atoms with Crippen molar-refractivity contribution in [2.75, 3.05) is 39.5 Å². The summed E-state index contributed by atoms with van der Waals surface area (Å²) in [5.41, 5.74) is 2.52. The molecule has 1 aromatic carbocycles. The van der Waals surface area contributed by atoms with E-state index in [1.165, 1.54) is 0 Å². The van der Waals surface area contributed by atoms with Crippen molar-refractivity contribution in [1.29, 1.82) is 0 Å². The Hall–Kier alpha value is -4.12. The Bertz CT molecular complexity index is 1250. The highest BCUT2D eigenvalue weighted by atomic mass is 19.4. The second-order valence-corrected chi connectivity index (χ2v) is 8.72. The van der Waals surface area contributed by atoms with Crippen LogP contribution in [0.1, 0.15) is 13.8 Å². The number of nitrogens with one attached hydrogen (secondary N) is 1. The number of pyridine rings is 1. The molecule has 0 bridgehead atoms. The lowest BCUT2D eigenvalue weighted by Gasteiger charge is -2.26. The van der Waals surface area contributed by atoms with Gasteiger partial charge in [0.1, 0.15) is 29.4 Å². The molecule has 0 aliphatic carbocycles. The van der Waals surface area contributed by atoms with Crippen LogP contribution in [0.15, 0.2) is 36.5 Å². The summed E-state index contributed by atoms with van der Waals surface area (Å²) in [5, 5.41) is 14.2. The van der Waals surface area contributed by atoms with E-state index in [0.717, 1.165) is 66.9 Å². The van der Waals surface area contributed by atoms with Gasteiger partial charge in [-0.15, -0.1) is 0 Å². The number of carboxylic acid groups (broad SMARTS) is 2. The molecule has 0 unspecified atom stereocenters. The number of benzene rings is 1. The quantitative estimate of drug-likeness (QED) is 0.329. The molecule has 1 aliphatic heterocycles. The summed E-state index contributed by atoms with van der Waals surface area (Å²) < 4.78 is 80.8. The Morgan fingerprint density at radius 2 is 1.60 bits per heavy atom. The van der Waals surface area contributed by atoms with Crippen LogP contribution >= 0.6 is 0 Å². The van der Waals surface area contributed by atoms with Crippen molar-refractivity contribution < 1.29 is 60.4 Å². The maximum atomic E-state index is 10.6. The average molecular weight is 611 g/mol. The number of fused-ring (bicyclic) bond motifs is 1. The van der Waals surface area contributed by atoms with Crippen molar-refractivity contribution in [3.05, 3.63) is 36.5 Å². The van der Waals surface area contributed by atoms with E-state index >= 15 is 0 Å². The molecular weight excluding hydrogens is 582 g/mol. The standard InChI is InChI=1S/C21H26N4O3.2C2HF3O2/c1-15(2)28-18-13-16(20-23-19-4-3-5-22-21(19)24-20)12-17(14-18)27-11-8-25-6-9-26-10-7-25;2*3-2(4,5)1(6)7/h3-5,12-15H,6-11H2,1-2H3,(H,22,23,24);2*(H,6,7). The van der Waals surface area contributed by atoms with Crippen LogP contribution in [0.2, 0.25) is 0 Å². The van der Waals surface area contributed by atoms with Crippen LogP contribution in [0.3, 0.4) is 0 Å². The van der Waals surface area contributed by atoms with Gasteiger partial charge in [0.2, 0.25) is 0 Å². The van der Waals surface area contributed by atoms with Gasteiger partial charge in [0.25, 0.3) is 0 Å². The van der Waals surface area contributed by atoms with Crippen LogP contribution < -0.4 is 9.47 Å². The molecule has 232 valence electrons. The van der Waals surface area contributed by atoms with E-state index in [-0.39, 0.29) is 6.10 Å². The third-order valence-electron chi connectivity index (χ3n) is 5.05. The fraction of sp³-hybridized carbons (Fsp3) is 0.440. The van der Waals surface area contributed by atoms with E-state index in [9.17, 15) is 26.3 Å².